The Hall–Kier alpha value is -0.120. The number of rotatable bonds is 6. The molecule has 0 amide bonds. The van der Waals surface area contributed by atoms with Gasteiger partial charge in [-0.05, 0) is 64.2 Å². The van der Waals surface area contributed by atoms with E-state index in [0.717, 1.165) is 12.5 Å². The van der Waals surface area contributed by atoms with Gasteiger partial charge in [-0.1, -0.05) is 0 Å². The van der Waals surface area contributed by atoms with Crippen LogP contribution in [0.4, 0.5) is 0 Å². The Balaban J connectivity index is 1.61. The maximum absolute atomic E-state index is 5.53. The van der Waals surface area contributed by atoms with Crippen LogP contribution in [0.3, 0.4) is 0 Å². The molecule has 1 saturated carbocycles. The maximum atomic E-state index is 5.53. The fraction of sp³-hybridized carbons (Fsp3) is 1.00. The second kappa shape index (κ2) is 6.58. The average molecular weight is 225 g/mol. The number of unbranched alkanes of at least 4 members (excludes halogenated alkanes) is 1. The Labute approximate surface area is 100.0 Å². The molecule has 1 heterocycles. The first-order chi connectivity index (χ1) is 7.88. The second-order valence-corrected chi connectivity index (χ2v) is 5.43. The molecule has 2 aliphatic rings. The Morgan fingerprint density at radius 3 is 2.44 bits per heavy atom. The lowest BCUT2D eigenvalue weighted by Gasteiger charge is -2.21. The van der Waals surface area contributed by atoms with Crippen LogP contribution in [-0.2, 0) is 0 Å². The Morgan fingerprint density at radius 2 is 1.69 bits per heavy atom. The summed E-state index contributed by atoms with van der Waals surface area (Å²) < 4.78 is 0. The first-order valence-electron chi connectivity index (χ1n) is 7.03. The van der Waals surface area contributed by atoms with Crippen molar-refractivity contribution in [3.05, 3.63) is 0 Å². The lowest BCUT2D eigenvalue weighted by atomic mass is 10.3. The highest BCUT2D eigenvalue weighted by atomic mass is 15.2. The van der Waals surface area contributed by atoms with E-state index in [1.165, 1.54) is 71.4 Å². The van der Waals surface area contributed by atoms with Gasteiger partial charge < -0.3 is 15.5 Å². The monoisotopic (exact) mass is 225 g/mol. The van der Waals surface area contributed by atoms with Gasteiger partial charge in [0.05, 0.1) is 0 Å². The van der Waals surface area contributed by atoms with E-state index in [1.807, 2.05) is 0 Å². The van der Waals surface area contributed by atoms with Crippen LogP contribution in [0.1, 0.15) is 32.1 Å². The van der Waals surface area contributed by atoms with Crippen LogP contribution < -0.4 is 5.73 Å². The highest BCUT2D eigenvalue weighted by Crippen LogP contribution is 2.29. The van der Waals surface area contributed by atoms with E-state index in [4.69, 9.17) is 5.73 Å². The van der Waals surface area contributed by atoms with Crippen molar-refractivity contribution in [3.8, 4) is 0 Å². The summed E-state index contributed by atoms with van der Waals surface area (Å²) in [5.74, 6) is 1.05. The normalized spacial score (nSPS) is 24.6. The summed E-state index contributed by atoms with van der Waals surface area (Å²) in [5.41, 5.74) is 5.53. The number of nitrogens with zero attached hydrogens (tertiary/aromatic N) is 2. The Bertz CT molecular complexity index is 192. The molecule has 16 heavy (non-hydrogen) atoms. The highest BCUT2D eigenvalue weighted by molar-refractivity contribution is 4.79. The molecule has 0 spiro atoms. The van der Waals surface area contributed by atoms with Crippen LogP contribution in [0.2, 0.25) is 0 Å². The van der Waals surface area contributed by atoms with E-state index < -0.39 is 0 Å². The largest absolute Gasteiger partial charge is 0.330 e. The molecule has 1 aliphatic carbocycles. The third-order valence-electron chi connectivity index (χ3n) is 3.82. The SMILES string of the molecule is NCCCCN1CCCN(CC2CC2)CC1. The van der Waals surface area contributed by atoms with E-state index in [9.17, 15) is 0 Å². The van der Waals surface area contributed by atoms with Gasteiger partial charge in [-0.15, -0.1) is 0 Å². The molecule has 3 nitrogen and oxygen atoms in total. The zero-order valence-corrected chi connectivity index (χ0v) is 10.5. The molecule has 2 N–H and O–H groups in total. The minimum atomic E-state index is 0.849. The molecule has 0 aromatic rings. The van der Waals surface area contributed by atoms with Gasteiger partial charge in [-0.2, -0.15) is 0 Å². The minimum absolute atomic E-state index is 0.849. The van der Waals surface area contributed by atoms with Crippen LogP contribution in [0, 0.1) is 5.92 Å². The fourth-order valence-electron chi connectivity index (χ4n) is 2.58. The van der Waals surface area contributed by atoms with E-state index in [1.54, 1.807) is 0 Å². The van der Waals surface area contributed by atoms with Crippen molar-refractivity contribution in [3.63, 3.8) is 0 Å². The van der Waals surface area contributed by atoms with Gasteiger partial charge in [0.15, 0.2) is 0 Å². The maximum Gasteiger partial charge on any atom is 0.0109 e. The minimum Gasteiger partial charge on any atom is -0.330 e. The first kappa shape index (κ1) is 12.3. The van der Waals surface area contributed by atoms with Gasteiger partial charge in [-0.25, -0.2) is 0 Å². The standard InChI is InChI=1S/C13H27N3/c14-6-1-2-7-15-8-3-9-16(11-10-15)12-13-4-5-13/h13H,1-12,14H2. The molecule has 2 fully saturated rings. The number of hydrogen-bond acceptors (Lipinski definition) is 3. The highest BCUT2D eigenvalue weighted by Gasteiger charge is 2.25. The third kappa shape index (κ3) is 4.40. The van der Waals surface area contributed by atoms with Crippen molar-refractivity contribution in [2.24, 2.45) is 11.7 Å². The van der Waals surface area contributed by atoms with Gasteiger partial charge >= 0.3 is 0 Å². The summed E-state index contributed by atoms with van der Waals surface area (Å²) in [7, 11) is 0. The van der Waals surface area contributed by atoms with Crippen LogP contribution >= 0.6 is 0 Å². The summed E-state index contributed by atoms with van der Waals surface area (Å²) in [6, 6.07) is 0. The Morgan fingerprint density at radius 1 is 0.938 bits per heavy atom. The summed E-state index contributed by atoms with van der Waals surface area (Å²) in [5, 5.41) is 0. The lowest BCUT2D eigenvalue weighted by molar-refractivity contribution is 0.248. The fourth-order valence-corrected chi connectivity index (χ4v) is 2.58. The van der Waals surface area contributed by atoms with Crippen molar-refractivity contribution in [2.45, 2.75) is 32.1 Å². The summed E-state index contributed by atoms with van der Waals surface area (Å²) in [6.45, 7) is 8.67. The van der Waals surface area contributed by atoms with E-state index >= 15 is 0 Å². The van der Waals surface area contributed by atoms with Crippen LogP contribution in [-0.4, -0.2) is 55.6 Å². The molecule has 0 bridgehead atoms. The summed E-state index contributed by atoms with van der Waals surface area (Å²) in [6.07, 6.45) is 6.78. The van der Waals surface area contributed by atoms with E-state index in [-0.39, 0.29) is 0 Å². The third-order valence-corrected chi connectivity index (χ3v) is 3.82. The van der Waals surface area contributed by atoms with E-state index in [2.05, 4.69) is 9.80 Å². The molecular weight excluding hydrogens is 198 g/mol. The lowest BCUT2D eigenvalue weighted by Crippen LogP contribution is -2.32. The zero-order chi connectivity index (χ0) is 11.2. The average Bonchev–Trinajstić information content (AvgIpc) is 3.09. The molecule has 94 valence electrons. The molecule has 3 heteroatoms. The zero-order valence-electron chi connectivity index (χ0n) is 10.5. The van der Waals surface area contributed by atoms with Crippen molar-refractivity contribution >= 4 is 0 Å². The topological polar surface area (TPSA) is 32.5 Å². The van der Waals surface area contributed by atoms with Crippen LogP contribution in [0.25, 0.3) is 0 Å². The molecule has 0 unspecified atom stereocenters. The van der Waals surface area contributed by atoms with Gasteiger partial charge in [-0.3, -0.25) is 0 Å². The van der Waals surface area contributed by atoms with Gasteiger partial charge in [0, 0.05) is 19.6 Å². The molecule has 0 atom stereocenters. The van der Waals surface area contributed by atoms with Crippen molar-refractivity contribution < 1.29 is 0 Å². The molecule has 1 saturated heterocycles. The summed E-state index contributed by atoms with van der Waals surface area (Å²) in [4.78, 5) is 5.31. The second-order valence-electron chi connectivity index (χ2n) is 5.43. The van der Waals surface area contributed by atoms with Gasteiger partial charge in [0.1, 0.15) is 0 Å². The molecule has 0 aromatic carbocycles. The molecule has 2 rings (SSSR count). The van der Waals surface area contributed by atoms with Crippen LogP contribution in [0.15, 0.2) is 0 Å². The number of nitrogens with two attached hydrogens (primary N) is 1. The van der Waals surface area contributed by atoms with Crippen molar-refractivity contribution in [1.82, 2.24) is 9.80 Å². The predicted octanol–water partition coefficient (Wildman–Crippen LogP) is 1.14. The first-order valence-corrected chi connectivity index (χ1v) is 7.03. The Kier molecular flexibility index (Phi) is 5.07. The number of hydrogen-bond donors (Lipinski definition) is 1. The van der Waals surface area contributed by atoms with Gasteiger partial charge in [0.25, 0.3) is 0 Å². The molecular formula is C13H27N3. The molecule has 0 aromatic heterocycles. The quantitative estimate of drug-likeness (QED) is 0.688. The molecule has 0 radical (unpaired) electrons. The molecule has 1 aliphatic heterocycles. The van der Waals surface area contributed by atoms with Crippen LogP contribution in [0.5, 0.6) is 0 Å². The van der Waals surface area contributed by atoms with E-state index in [0.29, 0.717) is 0 Å². The van der Waals surface area contributed by atoms with Crippen molar-refractivity contribution in [1.29, 1.82) is 0 Å². The smallest absolute Gasteiger partial charge is 0.0109 e. The predicted molar refractivity (Wildman–Crippen MR) is 68.5 cm³/mol. The van der Waals surface area contributed by atoms with Crippen molar-refractivity contribution in [2.75, 3.05) is 45.8 Å². The summed E-state index contributed by atoms with van der Waals surface area (Å²) >= 11 is 0. The van der Waals surface area contributed by atoms with Gasteiger partial charge in [0.2, 0.25) is 0 Å².